The minimum absolute atomic E-state index is 0.209. The minimum atomic E-state index is 0.209. The second kappa shape index (κ2) is 6.80. The van der Waals surface area contributed by atoms with Crippen molar-refractivity contribution in [3.63, 3.8) is 0 Å². The average molecular weight is 340 g/mol. The summed E-state index contributed by atoms with van der Waals surface area (Å²) in [4.78, 5) is 0. The SMILES string of the molecule is CC(NCc1nnc(C2CNC2)s1)c1cnn(-c2ccccc2)c1. The van der Waals surface area contributed by atoms with E-state index in [2.05, 4.69) is 39.1 Å². The lowest BCUT2D eigenvalue weighted by Crippen LogP contribution is -2.39. The number of aromatic nitrogens is 4. The zero-order valence-electron chi connectivity index (χ0n) is 13.5. The average Bonchev–Trinajstić information content (AvgIpc) is 3.22. The summed E-state index contributed by atoms with van der Waals surface area (Å²) in [7, 11) is 0. The third-order valence-corrected chi connectivity index (χ3v) is 5.38. The first kappa shape index (κ1) is 15.4. The molecule has 2 N–H and O–H groups in total. The summed E-state index contributed by atoms with van der Waals surface area (Å²) in [6.07, 6.45) is 3.98. The highest BCUT2D eigenvalue weighted by Crippen LogP contribution is 2.23. The van der Waals surface area contributed by atoms with Crippen LogP contribution in [0.3, 0.4) is 0 Å². The summed E-state index contributed by atoms with van der Waals surface area (Å²) in [5, 5.41) is 22.0. The number of benzene rings is 1. The van der Waals surface area contributed by atoms with Crippen molar-refractivity contribution in [1.82, 2.24) is 30.6 Å². The Kier molecular flexibility index (Phi) is 4.38. The van der Waals surface area contributed by atoms with Gasteiger partial charge in [-0.05, 0) is 19.1 Å². The lowest BCUT2D eigenvalue weighted by molar-refractivity contribution is 0.444. The van der Waals surface area contributed by atoms with Crippen LogP contribution in [-0.2, 0) is 6.54 Å². The van der Waals surface area contributed by atoms with Crippen molar-refractivity contribution < 1.29 is 0 Å². The topological polar surface area (TPSA) is 67.7 Å². The lowest BCUT2D eigenvalue weighted by atomic mass is 10.1. The molecule has 1 atom stereocenters. The van der Waals surface area contributed by atoms with Gasteiger partial charge in [0.05, 0.1) is 18.4 Å². The van der Waals surface area contributed by atoms with Gasteiger partial charge in [-0.3, -0.25) is 0 Å². The van der Waals surface area contributed by atoms with Gasteiger partial charge in [-0.15, -0.1) is 10.2 Å². The monoisotopic (exact) mass is 340 g/mol. The van der Waals surface area contributed by atoms with Crippen LogP contribution in [0.25, 0.3) is 5.69 Å². The van der Waals surface area contributed by atoms with Gasteiger partial charge < -0.3 is 10.6 Å². The van der Waals surface area contributed by atoms with E-state index in [-0.39, 0.29) is 6.04 Å². The Labute approximate surface area is 144 Å². The smallest absolute Gasteiger partial charge is 0.131 e. The van der Waals surface area contributed by atoms with Crippen LogP contribution in [0.1, 0.15) is 34.5 Å². The standard InChI is InChI=1S/C17H20N6S/c1-12(14-9-20-23(11-14)15-5-3-2-4-6-15)19-10-16-21-22-17(24-16)13-7-18-8-13/h2-6,9,11-13,18-19H,7-8,10H2,1H3. The molecule has 1 fully saturated rings. The Bertz CT molecular complexity index is 792. The first-order valence-electron chi connectivity index (χ1n) is 8.16. The second-order valence-corrected chi connectivity index (χ2v) is 7.14. The molecule has 0 aliphatic carbocycles. The van der Waals surface area contributed by atoms with Crippen LogP contribution in [0, 0.1) is 0 Å². The molecule has 7 heteroatoms. The van der Waals surface area contributed by atoms with E-state index >= 15 is 0 Å². The molecule has 0 spiro atoms. The van der Waals surface area contributed by atoms with Gasteiger partial charge in [0.2, 0.25) is 0 Å². The largest absolute Gasteiger partial charge is 0.315 e. The Morgan fingerprint density at radius 2 is 2.12 bits per heavy atom. The summed E-state index contributed by atoms with van der Waals surface area (Å²) >= 11 is 1.71. The zero-order chi connectivity index (χ0) is 16.4. The van der Waals surface area contributed by atoms with Gasteiger partial charge in [-0.1, -0.05) is 29.5 Å². The minimum Gasteiger partial charge on any atom is -0.315 e. The molecule has 2 aromatic heterocycles. The number of hydrogen-bond donors (Lipinski definition) is 2. The second-order valence-electron chi connectivity index (χ2n) is 6.05. The Morgan fingerprint density at radius 1 is 1.29 bits per heavy atom. The molecule has 1 aliphatic heterocycles. The molecule has 0 radical (unpaired) electrons. The Hall–Kier alpha value is -2.09. The van der Waals surface area contributed by atoms with E-state index in [1.165, 1.54) is 0 Å². The van der Waals surface area contributed by atoms with Crippen molar-refractivity contribution in [2.75, 3.05) is 13.1 Å². The van der Waals surface area contributed by atoms with Crippen molar-refractivity contribution in [2.24, 2.45) is 0 Å². The third-order valence-electron chi connectivity index (χ3n) is 4.30. The number of nitrogens with one attached hydrogen (secondary N) is 2. The van der Waals surface area contributed by atoms with E-state index < -0.39 is 0 Å². The fourth-order valence-corrected chi connectivity index (χ4v) is 3.50. The van der Waals surface area contributed by atoms with Gasteiger partial charge in [0.25, 0.3) is 0 Å². The maximum atomic E-state index is 4.45. The molecule has 0 saturated carbocycles. The molecule has 124 valence electrons. The maximum absolute atomic E-state index is 4.45. The van der Waals surface area contributed by atoms with Crippen LogP contribution in [0.2, 0.25) is 0 Å². The summed E-state index contributed by atoms with van der Waals surface area (Å²) in [5.74, 6) is 0.553. The van der Waals surface area contributed by atoms with Crippen molar-refractivity contribution >= 4 is 11.3 Å². The first-order valence-corrected chi connectivity index (χ1v) is 8.97. The van der Waals surface area contributed by atoms with E-state index in [9.17, 15) is 0 Å². The molecule has 24 heavy (non-hydrogen) atoms. The highest BCUT2D eigenvalue weighted by atomic mass is 32.1. The molecule has 1 aliphatic rings. The highest BCUT2D eigenvalue weighted by Gasteiger charge is 2.23. The van der Waals surface area contributed by atoms with E-state index in [1.807, 2.05) is 41.2 Å². The molecular formula is C17H20N6S. The summed E-state index contributed by atoms with van der Waals surface area (Å²) < 4.78 is 1.90. The quantitative estimate of drug-likeness (QED) is 0.720. The van der Waals surface area contributed by atoms with Crippen molar-refractivity contribution in [3.05, 3.63) is 58.3 Å². The van der Waals surface area contributed by atoms with Crippen molar-refractivity contribution in [2.45, 2.75) is 25.4 Å². The van der Waals surface area contributed by atoms with E-state index in [1.54, 1.807) is 11.3 Å². The Morgan fingerprint density at radius 3 is 2.88 bits per heavy atom. The predicted molar refractivity (Wildman–Crippen MR) is 94.3 cm³/mol. The summed E-state index contributed by atoms with van der Waals surface area (Å²) in [5.41, 5.74) is 2.23. The van der Waals surface area contributed by atoms with Crippen LogP contribution >= 0.6 is 11.3 Å². The lowest BCUT2D eigenvalue weighted by Gasteiger charge is -2.24. The van der Waals surface area contributed by atoms with Crippen molar-refractivity contribution in [3.8, 4) is 5.69 Å². The van der Waals surface area contributed by atoms with Crippen LogP contribution in [0.15, 0.2) is 42.7 Å². The molecule has 3 aromatic rings. The van der Waals surface area contributed by atoms with Crippen LogP contribution < -0.4 is 10.6 Å². The zero-order valence-corrected chi connectivity index (χ0v) is 14.3. The molecule has 4 rings (SSSR count). The third kappa shape index (κ3) is 3.24. The van der Waals surface area contributed by atoms with Gasteiger partial charge in [-0.2, -0.15) is 5.10 Å². The van der Waals surface area contributed by atoms with Gasteiger partial charge >= 0.3 is 0 Å². The molecule has 0 bridgehead atoms. The highest BCUT2D eigenvalue weighted by molar-refractivity contribution is 7.11. The molecule has 0 amide bonds. The number of rotatable bonds is 6. The fourth-order valence-electron chi connectivity index (χ4n) is 2.61. The number of hydrogen-bond acceptors (Lipinski definition) is 6. The van der Waals surface area contributed by atoms with Gasteiger partial charge in [0.1, 0.15) is 10.0 Å². The van der Waals surface area contributed by atoms with Gasteiger partial charge in [-0.25, -0.2) is 4.68 Å². The summed E-state index contributed by atoms with van der Waals surface area (Å²) in [6.45, 7) is 4.92. The molecular weight excluding hydrogens is 320 g/mol. The van der Waals surface area contributed by atoms with Gasteiger partial charge in [0, 0.05) is 36.8 Å². The van der Waals surface area contributed by atoms with E-state index in [0.29, 0.717) is 5.92 Å². The van der Waals surface area contributed by atoms with Crippen LogP contribution in [0.4, 0.5) is 0 Å². The molecule has 1 aromatic carbocycles. The van der Waals surface area contributed by atoms with Gasteiger partial charge in [0.15, 0.2) is 0 Å². The Balaban J connectivity index is 1.37. The molecule has 1 saturated heterocycles. The van der Waals surface area contributed by atoms with Crippen LogP contribution in [-0.4, -0.2) is 33.1 Å². The molecule has 3 heterocycles. The first-order chi connectivity index (χ1) is 11.8. The van der Waals surface area contributed by atoms with Crippen molar-refractivity contribution in [1.29, 1.82) is 0 Å². The predicted octanol–water partition coefficient (Wildman–Crippen LogP) is 2.26. The van der Waals surface area contributed by atoms with E-state index in [4.69, 9.17) is 0 Å². The molecule has 6 nitrogen and oxygen atoms in total. The number of para-hydroxylation sites is 1. The van der Waals surface area contributed by atoms with E-state index in [0.717, 1.165) is 40.9 Å². The van der Waals surface area contributed by atoms with Crippen LogP contribution in [0.5, 0.6) is 0 Å². The molecule has 1 unspecified atom stereocenters. The maximum Gasteiger partial charge on any atom is 0.131 e. The fraction of sp³-hybridized carbons (Fsp3) is 0.353. The normalized spacial score (nSPS) is 16.0. The summed E-state index contributed by atoms with van der Waals surface area (Å²) in [6, 6.07) is 10.3. The number of nitrogens with zero attached hydrogens (tertiary/aromatic N) is 4.